The summed E-state index contributed by atoms with van der Waals surface area (Å²) in [6, 6.07) is 0. The highest BCUT2D eigenvalue weighted by molar-refractivity contribution is 5.69. The van der Waals surface area contributed by atoms with Crippen molar-refractivity contribution in [3.05, 3.63) is 0 Å². The molecule has 0 N–H and O–H groups in total. The van der Waals surface area contributed by atoms with Gasteiger partial charge in [0, 0.05) is 19.3 Å². The second kappa shape index (κ2) is 14.0. The summed E-state index contributed by atoms with van der Waals surface area (Å²) in [5.74, 6) is -0.357. The molecular weight excluding hydrogens is 260 g/mol. The summed E-state index contributed by atoms with van der Waals surface area (Å²) in [5, 5.41) is 0. The van der Waals surface area contributed by atoms with Gasteiger partial charge in [-0.05, 0) is 38.5 Å². The second-order valence-electron chi connectivity index (χ2n) is 4.62. The number of carbonyl (C=O) groups is 3. The minimum absolute atomic E-state index is 0.175. The van der Waals surface area contributed by atoms with Crippen molar-refractivity contribution in [3.8, 4) is 0 Å². The summed E-state index contributed by atoms with van der Waals surface area (Å²) in [6.45, 7) is 2.63. The molecule has 0 heterocycles. The molecular formula is C15H26O5. The van der Waals surface area contributed by atoms with Crippen LogP contribution in [0.1, 0.15) is 64.7 Å². The number of hydrogen-bond acceptors (Lipinski definition) is 5. The monoisotopic (exact) mass is 286 g/mol. The third-order valence-corrected chi connectivity index (χ3v) is 2.81. The van der Waals surface area contributed by atoms with Crippen molar-refractivity contribution in [2.45, 2.75) is 64.7 Å². The smallest absolute Gasteiger partial charge is 0.305 e. The van der Waals surface area contributed by atoms with Gasteiger partial charge < -0.3 is 14.3 Å². The third-order valence-electron chi connectivity index (χ3n) is 2.81. The normalized spacial score (nSPS) is 10.1. The van der Waals surface area contributed by atoms with E-state index in [2.05, 4.69) is 0 Å². The molecule has 0 aliphatic rings. The summed E-state index contributed by atoms with van der Waals surface area (Å²) in [6.07, 6.45) is 7.28. The van der Waals surface area contributed by atoms with Crippen LogP contribution >= 0.6 is 0 Å². The highest BCUT2D eigenvalue weighted by atomic mass is 16.5. The van der Waals surface area contributed by atoms with Crippen molar-refractivity contribution in [2.24, 2.45) is 0 Å². The molecule has 5 heteroatoms. The molecule has 0 unspecified atom stereocenters. The Labute approximate surface area is 121 Å². The van der Waals surface area contributed by atoms with Crippen molar-refractivity contribution < 1.29 is 23.9 Å². The van der Waals surface area contributed by atoms with Gasteiger partial charge in [-0.15, -0.1) is 0 Å². The van der Waals surface area contributed by atoms with Crippen molar-refractivity contribution in [3.63, 3.8) is 0 Å². The van der Waals surface area contributed by atoms with Crippen LogP contribution in [0.3, 0.4) is 0 Å². The zero-order valence-corrected chi connectivity index (χ0v) is 12.4. The Balaban J connectivity index is 3.24. The van der Waals surface area contributed by atoms with Gasteiger partial charge in [0.25, 0.3) is 0 Å². The molecule has 0 fully saturated rings. The predicted octanol–water partition coefficient (Wildman–Crippen LogP) is 2.80. The molecule has 0 amide bonds. The number of rotatable bonds is 13. The van der Waals surface area contributed by atoms with Crippen LogP contribution in [0.25, 0.3) is 0 Å². The summed E-state index contributed by atoms with van der Waals surface area (Å²) >= 11 is 0. The molecule has 0 rings (SSSR count). The summed E-state index contributed by atoms with van der Waals surface area (Å²) < 4.78 is 10.0. The van der Waals surface area contributed by atoms with Crippen LogP contribution in [0.15, 0.2) is 0 Å². The molecule has 20 heavy (non-hydrogen) atoms. The van der Waals surface area contributed by atoms with Crippen LogP contribution < -0.4 is 0 Å². The zero-order chi connectivity index (χ0) is 15.1. The lowest BCUT2D eigenvalue weighted by Gasteiger charge is -2.05. The maximum atomic E-state index is 11.4. The molecule has 116 valence electrons. The molecule has 0 aliphatic heterocycles. The Morgan fingerprint density at radius 2 is 1.45 bits per heavy atom. The van der Waals surface area contributed by atoms with Gasteiger partial charge >= 0.3 is 11.9 Å². The molecule has 0 aromatic rings. The molecule has 0 radical (unpaired) electrons. The van der Waals surface area contributed by atoms with E-state index >= 15 is 0 Å². The summed E-state index contributed by atoms with van der Waals surface area (Å²) in [5.41, 5.74) is 0. The molecule has 0 bridgehead atoms. The number of unbranched alkanes of at least 4 members (excludes halogenated alkanes) is 5. The number of ether oxygens (including phenoxy) is 2. The van der Waals surface area contributed by atoms with Gasteiger partial charge in [0.05, 0.1) is 13.2 Å². The molecule has 0 aromatic heterocycles. The topological polar surface area (TPSA) is 69.7 Å². The molecule has 0 spiro atoms. The fourth-order valence-corrected chi connectivity index (χ4v) is 1.60. The number of hydrogen-bond donors (Lipinski definition) is 0. The average molecular weight is 286 g/mol. The number of aldehydes is 1. The maximum Gasteiger partial charge on any atom is 0.305 e. The summed E-state index contributed by atoms with van der Waals surface area (Å²) in [4.78, 5) is 32.3. The molecule has 0 aromatic carbocycles. The first kappa shape index (κ1) is 18.6. The zero-order valence-electron chi connectivity index (χ0n) is 12.4. The maximum absolute atomic E-state index is 11.4. The van der Waals surface area contributed by atoms with Crippen LogP contribution in [-0.4, -0.2) is 31.4 Å². The van der Waals surface area contributed by atoms with Gasteiger partial charge in [0.2, 0.25) is 0 Å². The van der Waals surface area contributed by atoms with E-state index < -0.39 is 0 Å². The van der Waals surface area contributed by atoms with E-state index in [0.717, 1.165) is 44.8 Å². The van der Waals surface area contributed by atoms with Gasteiger partial charge in [-0.2, -0.15) is 0 Å². The summed E-state index contributed by atoms with van der Waals surface area (Å²) in [7, 11) is 0. The Bertz CT molecular complexity index is 275. The minimum Gasteiger partial charge on any atom is -0.466 e. The van der Waals surface area contributed by atoms with Crippen LogP contribution in [0.5, 0.6) is 0 Å². The quantitative estimate of drug-likeness (QED) is 0.296. The first-order valence-corrected chi connectivity index (χ1v) is 7.45. The SMILES string of the molecule is CCC(=O)OCCCCCC(=O)OCCCCCC=O. The van der Waals surface area contributed by atoms with Crippen LogP contribution in [0.4, 0.5) is 0 Å². The Morgan fingerprint density at radius 3 is 2.05 bits per heavy atom. The van der Waals surface area contributed by atoms with E-state index in [0.29, 0.717) is 32.5 Å². The molecule has 0 saturated heterocycles. The molecule has 0 aliphatic carbocycles. The van der Waals surface area contributed by atoms with E-state index in [1.807, 2.05) is 0 Å². The van der Waals surface area contributed by atoms with E-state index in [4.69, 9.17) is 9.47 Å². The van der Waals surface area contributed by atoms with Gasteiger partial charge in [0.1, 0.15) is 6.29 Å². The van der Waals surface area contributed by atoms with E-state index in [-0.39, 0.29) is 11.9 Å². The highest BCUT2D eigenvalue weighted by Crippen LogP contribution is 2.04. The van der Waals surface area contributed by atoms with Gasteiger partial charge in [-0.25, -0.2) is 0 Å². The number of esters is 2. The van der Waals surface area contributed by atoms with Gasteiger partial charge in [-0.1, -0.05) is 6.92 Å². The minimum atomic E-state index is -0.181. The fourth-order valence-electron chi connectivity index (χ4n) is 1.60. The highest BCUT2D eigenvalue weighted by Gasteiger charge is 2.03. The van der Waals surface area contributed by atoms with Crippen molar-refractivity contribution in [1.29, 1.82) is 0 Å². The lowest BCUT2D eigenvalue weighted by atomic mass is 10.2. The van der Waals surface area contributed by atoms with Crippen molar-refractivity contribution in [1.82, 2.24) is 0 Å². The Kier molecular flexibility index (Phi) is 13.1. The Hall–Kier alpha value is -1.39. The van der Waals surface area contributed by atoms with Gasteiger partial charge in [-0.3, -0.25) is 9.59 Å². The average Bonchev–Trinajstić information content (AvgIpc) is 2.46. The van der Waals surface area contributed by atoms with E-state index in [1.54, 1.807) is 6.92 Å². The molecule has 0 atom stereocenters. The first-order valence-electron chi connectivity index (χ1n) is 7.45. The lowest BCUT2D eigenvalue weighted by molar-refractivity contribution is -0.145. The van der Waals surface area contributed by atoms with Crippen LogP contribution in [0.2, 0.25) is 0 Å². The van der Waals surface area contributed by atoms with Crippen molar-refractivity contribution >= 4 is 18.2 Å². The standard InChI is InChI=1S/C15H26O5/c1-2-14(17)19-12-9-5-6-10-15(18)20-13-8-4-3-7-11-16/h11H,2-10,12-13H2,1H3. The van der Waals surface area contributed by atoms with Crippen LogP contribution in [0, 0.1) is 0 Å². The first-order chi connectivity index (χ1) is 9.70. The van der Waals surface area contributed by atoms with Gasteiger partial charge in [0.15, 0.2) is 0 Å². The van der Waals surface area contributed by atoms with E-state index in [9.17, 15) is 14.4 Å². The lowest BCUT2D eigenvalue weighted by Crippen LogP contribution is -2.06. The molecule has 0 saturated carbocycles. The molecule has 5 nitrogen and oxygen atoms in total. The second-order valence-corrected chi connectivity index (χ2v) is 4.62. The fraction of sp³-hybridized carbons (Fsp3) is 0.800. The predicted molar refractivity (Wildman–Crippen MR) is 75.2 cm³/mol. The van der Waals surface area contributed by atoms with Crippen LogP contribution in [-0.2, 0) is 23.9 Å². The number of carbonyl (C=O) groups excluding carboxylic acids is 3. The Morgan fingerprint density at radius 1 is 0.850 bits per heavy atom. The third kappa shape index (κ3) is 13.1. The largest absolute Gasteiger partial charge is 0.466 e. The van der Waals surface area contributed by atoms with E-state index in [1.165, 1.54) is 0 Å². The van der Waals surface area contributed by atoms with Crippen molar-refractivity contribution in [2.75, 3.05) is 13.2 Å².